The van der Waals surface area contributed by atoms with Gasteiger partial charge in [0, 0.05) is 21.5 Å². The van der Waals surface area contributed by atoms with E-state index in [4.69, 9.17) is 46.4 Å². The fraction of sp³-hybridized carbons (Fsp3) is 0.136. The van der Waals surface area contributed by atoms with Crippen LogP contribution in [0.3, 0.4) is 0 Å². The summed E-state index contributed by atoms with van der Waals surface area (Å²) < 4.78 is 41.8. The maximum absolute atomic E-state index is 14.1. The molecule has 1 N–H and O–H groups in total. The van der Waals surface area contributed by atoms with E-state index < -0.39 is 20.7 Å². The van der Waals surface area contributed by atoms with Crippen molar-refractivity contribution >= 4 is 67.8 Å². The van der Waals surface area contributed by atoms with Crippen molar-refractivity contribution in [3.8, 4) is 0 Å². The van der Waals surface area contributed by atoms with Gasteiger partial charge in [0.25, 0.3) is 0 Å². The Bertz CT molecular complexity index is 1330. The molecule has 1 atom stereocenters. The molecule has 3 aromatic rings. The minimum absolute atomic E-state index is 0.112. The van der Waals surface area contributed by atoms with Crippen molar-refractivity contribution in [2.45, 2.75) is 17.4 Å². The molecule has 0 radical (unpaired) electrons. The number of hydrogen-bond acceptors (Lipinski definition) is 4. The lowest BCUT2D eigenvalue weighted by atomic mass is 10.0. The highest BCUT2D eigenvalue weighted by Gasteiger charge is 2.31. The van der Waals surface area contributed by atoms with E-state index in [9.17, 15) is 12.8 Å². The molecular weight excluding hydrogens is 531 g/mol. The standard InChI is InChI=1S/C22H16Cl4FN3O2S/c23-14-3-1-13(2-4-14)21-11-17(29-30(21)20-8-6-15(24)9-18(20)26)12-28-33(31,32)22-10-16(25)5-7-19(22)27/h1-10,21,28H,11-12H2/t21-/m0/s1. The third-order valence-electron chi connectivity index (χ3n) is 5.03. The summed E-state index contributed by atoms with van der Waals surface area (Å²) in [5.41, 5.74) is 2.06. The molecule has 4 rings (SSSR count). The summed E-state index contributed by atoms with van der Waals surface area (Å²) in [5, 5.41) is 7.90. The second-order valence-corrected chi connectivity index (χ2v) is 10.7. The van der Waals surface area contributed by atoms with Crippen LogP contribution in [0.2, 0.25) is 20.1 Å². The zero-order chi connectivity index (χ0) is 23.8. The Kier molecular flexibility index (Phi) is 7.19. The van der Waals surface area contributed by atoms with Crippen LogP contribution >= 0.6 is 46.4 Å². The van der Waals surface area contributed by atoms with Gasteiger partial charge >= 0.3 is 0 Å². The predicted molar refractivity (Wildman–Crippen MR) is 132 cm³/mol. The van der Waals surface area contributed by atoms with Crippen LogP contribution in [-0.4, -0.2) is 20.7 Å². The third-order valence-corrected chi connectivity index (χ3v) is 7.47. The summed E-state index contributed by atoms with van der Waals surface area (Å²) in [6.45, 7) is -0.125. The van der Waals surface area contributed by atoms with Crippen LogP contribution in [0.5, 0.6) is 0 Å². The quantitative estimate of drug-likeness (QED) is 0.373. The van der Waals surface area contributed by atoms with E-state index in [2.05, 4.69) is 9.82 Å². The zero-order valence-electron chi connectivity index (χ0n) is 16.8. The number of hydrogen-bond donors (Lipinski definition) is 1. The lowest BCUT2D eigenvalue weighted by Gasteiger charge is -2.25. The van der Waals surface area contributed by atoms with Crippen molar-refractivity contribution in [2.75, 3.05) is 11.6 Å². The summed E-state index contributed by atoms with van der Waals surface area (Å²) in [7, 11) is -4.15. The molecule has 0 saturated carbocycles. The highest BCUT2D eigenvalue weighted by Crippen LogP contribution is 2.39. The van der Waals surface area contributed by atoms with Gasteiger partial charge in [-0.2, -0.15) is 5.10 Å². The lowest BCUT2D eigenvalue weighted by Crippen LogP contribution is -2.29. The Morgan fingerprint density at radius 3 is 2.27 bits per heavy atom. The van der Waals surface area contributed by atoms with Gasteiger partial charge in [-0.1, -0.05) is 58.5 Å². The molecule has 0 aromatic heterocycles. The van der Waals surface area contributed by atoms with Crippen LogP contribution in [-0.2, 0) is 10.0 Å². The van der Waals surface area contributed by atoms with E-state index in [-0.39, 0.29) is 17.6 Å². The number of hydrazone groups is 1. The van der Waals surface area contributed by atoms with Gasteiger partial charge in [0.1, 0.15) is 10.7 Å². The smallest absolute Gasteiger partial charge is 0.243 e. The van der Waals surface area contributed by atoms with Crippen molar-refractivity contribution in [1.82, 2.24) is 4.72 Å². The highest BCUT2D eigenvalue weighted by atomic mass is 35.5. The van der Waals surface area contributed by atoms with Gasteiger partial charge in [-0.3, -0.25) is 5.01 Å². The van der Waals surface area contributed by atoms with Gasteiger partial charge in [0.15, 0.2) is 0 Å². The Labute approximate surface area is 210 Å². The monoisotopic (exact) mass is 545 g/mol. The molecule has 11 heteroatoms. The van der Waals surface area contributed by atoms with E-state index in [1.807, 2.05) is 12.1 Å². The molecular formula is C22H16Cl4FN3O2S. The van der Waals surface area contributed by atoms with Crippen LogP contribution < -0.4 is 9.73 Å². The van der Waals surface area contributed by atoms with Crippen molar-refractivity contribution in [3.63, 3.8) is 0 Å². The minimum atomic E-state index is -4.15. The average Bonchev–Trinajstić information content (AvgIpc) is 3.18. The molecule has 0 fully saturated rings. The van der Waals surface area contributed by atoms with Gasteiger partial charge in [0.05, 0.1) is 29.0 Å². The van der Waals surface area contributed by atoms with Crippen LogP contribution in [0.1, 0.15) is 18.0 Å². The molecule has 0 aliphatic carbocycles. The maximum Gasteiger partial charge on any atom is 0.243 e. The van der Waals surface area contributed by atoms with E-state index in [1.54, 1.807) is 35.3 Å². The van der Waals surface area contributed by atoms with Crippen molar-refractivity contribution in [1.29, 1.82) is 0 Å². The molecule has 0 amide bonds. The average molecular weight is 547 g/mol. The van der Waals surface area contributed by atoms with E-state index >= 15 is 0 Å². The molecule has 0 spiro atoms. The second-order valence-electron chi connectivity index (χ2n) is 7.28. The maximum atomic E-state index is 14.1. The Balaban J connectivity index is 1.63. The first-order chi connectivity index (χ1) is 15.6. The van der Waals surface area contributed by atoms with E-state index in [0.29, 0.717) is 32.9 Å². The molecule has 0 saturated heterocycles. The summed E-state index contributed by atoms with van der Waals surface area (Å²) in [4.78, 5) is -0.527. The SMILES string of the molecule is O=S(=O)(NCC1=NN(c2ccc(Cl)cc2Cl)[C@H](c2ccc(Cl)cc2)C1)c1cc(Cl)ccc1F. The van der Waals surface area contributed by atoms with Crippen molar-refractivity contribution in [3.05, 3.63) is 92.1 Å². The molecule has 3 aromatic carbocycles. The fourth-order valence-electron chi connectivity index (χ4n) is 3.45. The molecule has 0 unspecified atom stereocenters. The first kappa shape index (κ1) is 24.3. The van der Waals surface area contributed by atoms with Gasteiger partial charge < -0.3 is 0 Å². The number of benzene rings is 3. The normalized spacial score (nSPS) is 16.2. The molecule has 0 bridgehead atoms. The Hall–Kier alpha value is -1.87. The lowest BCUT2D eigenvalue weighted by molar-refractivity contribution is 0.560. The minimum Gasteiger partial charge on any atom is -0.256 e. The second kappa shape index (κ2) is 9.78. The molecule has 33 heavy (non-hydrogen) atoms. The largest absolute Gasteiger partial charge is 0.256 e. The number of nitrogens with zero attached hydrogens (tertiary/aromatic N) is 2. The van der Waals surface area contributed by atoms with Crippen LogP contribution in [0.25, 0.3) is 0 Å². The number of nitrogens with one attached hydrogen (secondary N) is 1. The summed E-state index contributed by atoms with van der Waals surface area (Å²) in [6, 6.07) is 15.4. The first-order valence-electron chi connectivity index (χ1n) is 9.65. The zero-order valence-corrected chi connectivity index (χ0v) is 20.6. The highest BCUT2D eigenvalue weighted by molar-refractivity contribution is 7.89. The molecule has 1 heterocycles. The van der Waals surface area contributed by atoms with Gasteiger partial charge in [-0.05, 0) is 54.1 Å². The van der Waals surface area contributed by atoms with E-state index in [0.717, 1.165) is 17.7 Å². The molecule has 1 aliphatic heterocycles. The topological polar surface area (TPSA) is 61.8 Å². The Morgan fingerprint density at radius 2 is 1.58 bits per heavy atom. The van der Waals surface area contributed by atoms with Crippen LogP contribution in [0.15, 0.2) is 70.7 Å². The summed E-state index contributed by atoms with van der Waals surface area (Å²) in [6.07, 6.45) is 0.404. The van der Waals surface area contributed by atoms with E-state index in [1.165, 1.54) is 6.07 Å². The number of sulfonamides is 1. The molecule has 5 nitrogen and oxygen atoms in total. The van der Waals surface area contributed by atoms with Gasteiger partial charge in [-0.25, -0.2) is 17.5 Å². The summed E-state index contributed by atoms with van der Waals surface area (Å²) >= 11 is 24.3. The van der Waals surface area contributed by atoms with Crippen molar-refractivity contribution < 1.29 is 12.8 Å². The summed E-state index contributed by atoms with van der Waals surface area (Å²) in [5.74, 6) is -0.895. The number of anilines is 1. The Morgan fingerprint density at radius 1 is 0.939 bits per heavy atom. The van der Waals surface area contributed by atoms with Gasteiger partial charge in [-0.15, -0.1) is 0 Å². The molecule has 172 valence electrons. The molecule has 1 aliphatic rings. The third kappa shape index (κ3) is 5.45. The number of rotatable bonds is 6. The first-order valence-corrected chi connectivity index (χ1v) is 12.6. The fourth-order valence-corrected chi connectivity index (χ4v) is 5.43. The van der Waals surface area contributed by atoms with Gasteiger partial charge in [0.2, 0.25) is 10.0 Å². The van der Waals surface area contributed by atoms with Crippen LogP contribution in [0.4, 0.5) is 10.1 Å². The number of halogens is 5. The van der Waals surface area contributed by atoms with Crippen molar-refractivity contribution in [2.24, 2.45) is 5.10 Å². The van der Waals surface area contributed by atoms with Crippen LogP contribution in [0, 0.1) is 5.82 Å². The predicted octanol–water partition coefficient (Wildman–Crippen LogP) is 6.73.